The van der Waals surface area contributed by atoms with E-state index in [1.165, 1.54) is 22.9 Å². The van der Waals surface area contributed by atoms with Crippen LogP contribution in [-0.4, -0.2) is 13.9 Å². The summed E-state index contributed by atoms with van der Waals surface area (Å²) >= 11 is 7.74. The predicted octanol–water partition coefficient (Wildman–Crippen LogP) is 6.49. The first-order valence-corrected chi connectivity index (χ1v) is 12.9. The molecule has 1 unspecified atom stereocenters. The van der Waals surface area contributed by atoms with Crippen molar-refractivity contribution in [1.82, 2.24) is 0 Å². The molecule has 0 bridgehead atoms. The lowest BCUT2D eigenvalue weighted by atomic mass is 9.82. The number of Topliss-reactive ketones (excluding diaryl/α,β-unsaturated/α-hetero) is 1. The molecule has 4 heteroatoms. The third-order valence-electron chi connectivity index (χ3n) is 4.18. The molecule has 1 aliphatic rings. The zero-order chi connectivity index (χ0) is 16.6. The van der Waals surface area contributed by atoms with Gasteiger partial charge in [-0.05, 0) is 53.1 Å². The van der Waals surface area contributed by atoms with Crippen molar-refractivity contribution in [3.05, 3.63) is 62.3 Å². The molecule has 1 aliphatic carbocycles. The number of rotatable bonds is 4. The van der Waals surface area contributed by atoms with Crippen LogP contribution in [0.15, 0.2) is 41.3 Å². The molecule has 3 rings (SSSR count). The molecule has 0 fully saturated rings. The van der Waals surface area contributed by atoms with Crippen LogP contribution < -0.4 is 0 Å². The molecule has 0 radical (unpaired) electrons. The van der Waals surface area contributed by atoms with Gasteiger partial charge in [-0.1, -0.05) is 49.4 Å². The molecule has 0 saturated heterocycles. The summed E-state index contributed by atoms with van der Waals surface area (Å²) in [5.74, 6) is 0.584. The van der Waals surface area contributed by atoms with Crippen LogP contribution in [0.4, 0.5) is 0 Å². The SMILES string of the molecule is C[Si](C)(C)CC1CC(C(=O)c2cccs2)=Cc2ccc(Cl)cc21. The highest BCUT2D eigenvalue weighted by molar-refractivity contribution is 7.12. The zero-order valence-corrected chi connectivity index (χ0v) is 16.3. The normalized spacial score (nSPS) is 17.6. The number of carbonyl (C=O) groups is 1. The molecule has 0 N–H and O–H groups in total. The predicted molar refractivity (Wildman–Crippen MR) is 104 cm³/mol. The van der Waals surface area contributed by atoms with E-state index in [0.29, 0.717) is 5.92 Å². The number of benzene rings is 1. The molecule has 1 atom stereocenters. The first-order chi connectivity index (χ1) is 10.8. The highest BCUT2D eigenvalue weighted by Gasteiger charge is 2.29. The van der Waals surface area contributed by atoms with E-state index in [9.17, 15) is 4.79 Å². The topological polar surface area (TPSA) is 17.1 Å². The van der Waals surface area contributed by atoms with Crippen molar-refractivity contribution in [1.29, 1.82) is 0 Å². The Kier molecular flexibility index (Phi) is 4.63. The minimum Gasteiger partial charge on any atom is -0.288 e. The quantitative estimate of drug-likeness (QED) is 0.449. The van der Waals surface area contributed by atoms with Crippen LogP contribution in [-0.2, 0) is 0 Å². The molecule has 0 amide bonds. The molecule has 1 heterocycles. The van der Waals surface area contributed by atoms with Gasteiger partial charge in [-0.15, -0.1) is 11.3 Å². The standard InChI is InChI=1S/C19H21ClOSSi/c1-23(2,3)12-15-10-14(19(21)18-5-4-8-22-18)9-13-6-7-16(20)11-17(13)15/h4-9,11,15H,10,12H2,1-3H3. The van der Waals surface area contributed by atoms with Gasteiger partial charge in [-0.2, -0.15) is 0 Å². The van der Waals surface area contributed by atoms with Crippen LogP contribution in [0.25, 0.3) is 6.08 Å². The molecule has 2 aromatic rings. The minimum absolute atomic E-state index is 0.182. The van der Waals surface area contributed by atoms with E-state index in [2.05, 4.69) is 37.8 Å². The lowest BCUT2D eigenvalue weighted by molar-refractivity contribution is 0.103. The van der Waals surface area contributed by atoms with E-state index in [0.717, 1.165) is 27.5 Å². The number of carbonyl (C=O) groups excluding carboxylic acids is 1. The molecular formula is C19H21ClOSSi. The number of allylic oxidation sites excluding steroid dienone is 1. The Labute approximate surface area is 148 Å². The lowest BCUT2D eigenvalue weighted by Crippen LogP contribution is -2.25. The number of fused-ring (bicyclic) bond motifs is 1. The fourth-order valence-electron chi connectivity index (χ4n) is 3.30. The average Bonchev–Trinajstić information content (AvgIpc) is 2.99. The summed E-state index contributed by atoms with van der Waals surface area (Å²) in [4.78, 5) is 13.6. The summed E-state index contributed by atoms with van der Waals surface area (Å²) in [7, 11) is -1.24. The number of thiophene rings is 1. The van der Waals surface area contributed by atoms with Crippen LogP contribution in [0.5, 0.6) is 0 Å². The van der Waals surface area contributed by atoms with Crippen molar-refractivity contribution in [2.75, 3.05) is 0 Å². The van der Waals surface area contributed by atoms with Gasteiger partial charge in [0.25, 0.3) is 0 Å². The van der Waals surface area contributed by atoms with Gasteiger partial charge in [0.2, 0.25) is 0 Å². The Bertz CT molecular complexity index is 756. The van der Waals surface area contributed by atoms with Gasteiger partial charge in [0.15, 0.2) is 5.78 Å². The summed E-state index contributed by atoms with van der Waals surface area (Å²) in [6.07, 6.45) is 2.89. The summed E-state index contributed by atoms with van der Waals surface area (Å²) in [5.41, 5.74) is 3.40. The second-order valence-corrected chi connectivity index (χ2v) is 14.3. The zero-order valence-electron chi connectivity index (χ0n) is 13.7. The minimum atomic E-state index is -1.24. The first kappa shape index (κ1) is 16.7. The Morgan fingerprint density at radius 1 is 1.30 bits per heavy atom. The number of hydrogen-bond acceptors (Lipinski definition) is 2. The fraction of sp³-hybridized carbons (Fsp3) is 0.316. The molecule has 120 valence electrons. The van der Waals surface area contributed by atoms with Gasteiger partial charge in [-0.3, -0.25) is 4.79 Å². The van der Waals surface area contributed by atoms with Crippen LogP contribution in [0.3, 0.4) is 0 Å². The van der Waals surface area contributed by atoms with Crippen LogP contribution in [0.1, 0.15) is 33.1 Å². The molecule has 0 aliphatic heterocycles. The van der Waals surface area contributed by atoms with Gasteiger partial charge in [0.1, 0.15) is 0 Å². The highest BCUT2D eigenvalue weighted by atomic mass is 35.5. The Balaban J connectivity index is 2.00. The van der Waals surface area contributed by atoms with Crippen molar-refractivity contribution in [3.63, 3.8) is 0 Å². The van der Waals surface area contributed by atoms with E-state index in [-0.39, 0.29) is 5.78 Å². The molecular weight excluding hydrogens is 340 g/mol. The smallest absolute Gasteiger partial charge is 0.198 e. The first-order valence-electron chi connectivity index (χ1n) is 7.92. The fourth-order valence-corrected chi connectivity index (χ4v) is 6.02. The summed E-state index contributed by atoms with van der Waals surface area (Å²) in [6.45, 7) is 7.16. The third kappa shape index (κ3) is 3.85. The van der Waals surface area contributed by atoms with Gasteiger partial charge in [0, 0.05) is 18.7 Å². The maximum absolute atomic E-state index is 12.8. The van der Waals surface area contributed by atoms with Gasteiger partial charge in [0.05, 0.1) is 4.88 Å². The van der Waals surface area contributed by atoms with E-state index >= 15 is 0 Å². The van der Waals surface area contributed by atoms with E-state index in [4.69, 9.17) is 11.6 Å². The van der Waals surface area contributed by atoms with Crippen LogP contribution in [0.2, 0.25) is 30.7 Å². The molecule has 23 heavy (non-hydrogen) atoms. The average molecular weight is 361 g/mol. The third-order valence-corrected chi connectivity index (χ3v) is 7.00. The number of ketones is 1. The lowest BCUT2D eigenvalue weighted by Gasteiger charge is -2.30. The van der Waals surface area contributed by atoms with Crippen molar-refractivity contribution in [2.24, 2.45) is 0 Å². The van der Waals surface area contributed by atoms with Gasteiger partial charge >= 0.3 is 0 Å². The van der Waals surface area contributed by atoms with E-state index < -0.39 is 8.07 Å². The second kappa shape index (κ2) is 6.38. The largest absolute Gasteiger partial charge is 0.288 e. The summed E-state index contributed by atoms with van der Waals surface area (Å²) in [6, 6.07) is 11.1. The molecule has 1 nitrogen and oxygen atoms in total. The Morgan fingerprint density at radius 3 is 2.74 bits per heavy atom. The monoisotopic (exact) mass is 360 g/mol. The van der Waals surface area contributed by atoms with E-state index in [1.54, 1.807) is 0 Å². The van der Waals surface area contributed by atoms with Crippen LogP contribution in [0, 0.1) is 0 Å². The maximum Gasteiger partial charge on any atom is 0.198 e. The van der Waals surface area contributed by atoms with Crippen LogP contribution >= 0.6 is 22.9 Å². The van der Waals surface area contributed by atoms with Crippen molar-refractivity contribution < 1.29 is 4.79 Å². The van der Waals surface area contributed by atoms with Gasteiger partial charge in [-0.25, -0.2) is 0 Å². The maximum atomic E-state index is 12.8. The molecule has 1 aromatic heterocycles. The number of hydrogen-bond donors (Lipinski definition) is 0. The van der Waals surface area contributed by atoms with Crippen molar-refractivity contribution in [2.45, 2.75) is 38.0 Å². The Morgan fingerprint density at radius 2 is 2.09 bits per heavy atom. The summed E-state index contributed by atoms with van der Waals surface area (Å²) < 4.78 is 0. The highest BCUT2D eigenvalue weighted by Crippen LogP contribution is 2.41. The number of halogens is 1. The van der Waals surface area contributed by atoms with Gasteiger partial charge < -0.3 is 0 Å². The summed E-state index contributed by atoms with van der Waals surface area (Å²) in [5, 5.41) is 2.75. The molecule has 0 spiro atoms. The van der Waals surface area contributed by atoms with Crippen molar-refractivity contribution >= 4 is 42.9 Å². The van der Waals surface area contributed by atoms with E-state index in [1.807, 2.05) is 23.6 Å². The molecule has 1 aromatic carbocycles. The van der Waals surface area contributed by atoms with Crippen molar-refractivity contribution in [3.8, 4) is 0 Å². The molecule has 0 saturated carbocycles. The Hall–Kier alpha value is -1.16. The second-order valence-electron chi connectivity index (χ2n) is 7.42.